The summed E-state index contributed by atoms with van der Waals surface area (Å²) in [4.78, 5) is 36.0. The van der Waals surface area contributed by atoms with Crippen molar-refractivity contribution in [2.45, 2.75) is 12.8 Å². The molecule has 0 bridgehead atoms. The number of pyridine rings is 1. The Labute approximate surface area is 129 Å². The molecule has 0 aliphatic heterocycles. The van der Waals surface area contributed by atoms with Gasteiger partial charge in [0.2, 0.25) is 5.78 Å². The Morgan fingerprint density at radius 2 is 2.09 bits per heavy atom. The maximum Gasteiger partial charge on any atom is 0.265 e. The Morgan fingerprint density at radius 3 is 2.82 bits per heavy atom. The van der Waals surface area contributed by atoms with Gasteiger partial charge in [-0.05, 0) is 12.1 Å². The van der Waals surface area contributed by atoms with Gasteiger partial charge in [-0.25, -0.2) is 9.97 Å². The van der Waals surface area contributed by atoms with Crippen molar-refractivity contribution in [3.8, 4) is 0 Å². The predicted molar refractivity (Wildman–Crippen MR) is 78.6 cm³/mol. The summed E-state index contributed by atoms with van der Waals surface area (Å²) in [6, 6.07) is 5.68. The SMILES string of the molecule is O=C(Cc1csc(Cc2ccccn2)n1)C(=O)c1ncn[nH]1. The summed E-state index contributed by atoms with van der Waals surface area (Å²) in [6.45, 7) is 0. The highest BCUT2D eigenvalue weighted by atomic mass is 32.1. The first kappa shape index (κ1) is 14.2. The molecule has 22 heavy (non-hydrogen) atoms. The van der Waals surface area contributed by atoms with E-state index in [1.54, 1.807) is 11.6 Å². The zero-order chi connectivity index (χ0) is 15.4. The maximum absolute atomic E-state index is 11.9. The average Bonchev–Trinajstić information content (AvgIpc) is 3.19. The van der Waals surface area contributed by atoms with Gasteiger partial charge in [0.15, 0.2) is 5.82 Å². The summed E-state index contributed by atoms with van der Waals surface area (Å²) >= 11 is 1.45. The Bertz CT molecular complexity index is 783. The van der Waals surface area contributed by atoms with Crippen molar-refractivity contribution >= 4 is 22.9 Å². The van der Waals surface area contributed by atoms with Gasteiger partial charge in [0, 0.05) is 23.7 Å². The molecule has 0 atom stereocenters. The van der Waals surface area contributed by atoms with Crippen molar-refractivity contribution in [2.24, 2.45) is 0 Å². The molecule has 0 unspecified atom stereocenters. The van der Waals surface area contributed by atoms with Crippen LogP contribution >= 0.6 is 11.3 Å². The lowest BCUT2D eigenvalue weighted by atomic mass is 10.1. The number of rotatable bonds is 6. The van der Waals surface area contributed by atoms with Crippen LogP contribution in [0.4, 0.5) is 0 Å². The van der Waals surface area contributed by atoms with Gasteiger partial charge < -0.3 is 0 Å². The predicted octanol–water partition coefficient (Wildman–Crippen LogP) is 1.24. The van der Waals surface area contributed by atoms with E-state index < -0.39 is 11.6 Å². The Balaban J connectivity index is 1.64. The van der Waals surface area contributed by atoms with Gasteiger partial charge in [0.25, 0.3) is 5.78 Å². The summed E-state index contributed by atoms with van der Waals surface area (Å²) in [5.41, 5.74) is 1.49. The standard InChI is InChI=1S/C14H11N5O2S/c20-11(13(21)14-16-8-17-19-14)5-10-7-22-12(18-10)6-9-3-1-2-4-15-9/h1-4,7-8H,5-6H2,(H,16,17,19). The zero-order valence-electron chi connectivity index (χ0n) is 11.4. The minimum absolute atomic E-state index is 0.0434. The number of Topliss-reactive ketones (excluding diaryl/α,β-unsaturated/α-hetero) is 2. The van der Waals surface area contributed by atoms with Gasteiger partial charge in [0.1, 0.15) is 6.33 Å². The Kier molecular flexibility index (Phi) is 4.10. The number of ketones is 2. The van der Waals surface area contributed by atoms with Crippen molar-refractivity contribution in [3.05, 3.63) is 58.3 Å². The zero-order valence-corrected chi connectivity index (χ0v) is 12.2. The number of nitrogens with one attached hydrogen (secondary N) is 1. The molecular formula is C14H11N5O2S. The summed E-state index contributed by atoms with van der Waals surface area (Å²) in [5, 5.41) is 8.57. The average molecular weight is 313 g/mol. The second-order valence-electron chi connectivity index (χ2n) is 4.49. The maximum atomic E-state index is 11.9. The minimum atomic E-state index is -0.684. The van der Waals surface area contributed by atoms with Crippen LogP contribution in [0.25, 0.3) is 0 Å². The first-order chi connectivity index (χ1) is 10.7. The lowest BCUT2D eigenvalue weighted by Crippen LogP contribution is -2.18. The molecule has 0 aliphatic carbocycles. The normalized spacial score (nSPS) is 10.5. The van der Waals surface area contributed by atoms with E-state index in [1.165, 1.54) is 17.7 Å². The number of thiazole rings is 1. The van der Waals surface area contributed by atoms with Crippen LogP contribution in [0.1, 0.15) is 27.0 Å². The topological polar surface area (TPSA) is 101 Å². The highest BCUT2D eigenvalue weighted by Gasteiger charge is 2.20. The second kappa shape index (κ2) is 6.35. The van der Waals surface area contributed by atoms with Crippen molar-refractivity contribution in [3.63, 3.8) is 0 Å². The number of aromatic amines is 1. The molecule has 0 saturated heterocycles. The van der Waals surface area contributed by atoms with E-state index in [9.17, 15) is 9.59 Å². The molecular weight excluding hydrogens is 302 g/mol. The number of nitrogens with zero attached hydrogens (tertiary/aromatic N) is 4. The van der Waals surface area contributed by atoms with E-state index in [0.717, 1.165) is 10.7 Å². The van der Waals surface area contributed by atoms with Crippen LogP contribution in [0.3, 0.4) is 0 Å². The first-order valence-electron chi connectivity index (χ1n) is 6.48. The number of carbonyl (C=O) groups excluding carboxylic acids is 2. The number of H-pyrrole nitrogens is 1. The van der Waals surface area contributed by atoms with Crippen LogP contribution < -0.4 is 0 Å². The fourth-order valence-electron chi connectivity index (χ4n) is 1.86. The molecule has 3 heterocycles. The van der Waals surface area contributed by atoms with Gasteiger partial charge in [-0.2, -0.15) is 5.10 Å². The summed E-state index contributed by atoms with van der Waals surface area (Å²) < 4.78 is 0. The third kappa shape index (κ3) is 3.29. The fraction of sp³-hybridized carbons (Fsp3) is 0.143. The lowest BCUT2D eigenvalue weighted by molar-refractivity contribution is -0.114. The van der Waals surface area contributed by atoms with Crippen LogP contribution in [0.2, 0.25) is 0 Å². The van der Waals surface area contributed by atoms with Crippen LogP contribution in [0.5, 0.6) is 0 Å². The quantitative estimate of drug-likeness (QED) is 0.542. The largest absolute Gasteiger partial charge is 0.290 e. The van der Waals surface area contributed by atoms with E-state index in [-0.39, 0.29) is 12.2 Å². The molecule has 8 heteroatoms. The molecule has 0 amide bonds. The molecule has 0 saturated carbocycles. The molecule has 0 spiro atoms. The molecule has 0 aromatic carbocycles. The van der Waals surface area contributed by atoms with Crippen molar-refractivity contribution in [1.82, 2.24) is 25.1 Å². The van der Waals surface area contributed by atoms with Gasteiger partial charge in [-0.15, -0.1) is 11.3 Å². The van der Waals surface area contributed by atoms with E-state index in [4.69, 9.17) is 0 Å². The third-order valence-electron chi connectivity index (χ3n) is 2.88. The lowest BCUT2D eigenvalue weighted by Gasteiger charge is -1.96. The third-order valence-corrected chi connectivity index (χ3v) is 3.78. The van der Waals surface area contributed by atoms with Gasteiger partial charge in [-0.3, -0.25) is 19.7 Å². The summed E-state index contributed by atoms with van der Waals surface area (Å²) in [5.74, 6) is -1.29. The van der Waals surface area contributed by atoms with Crippen molar-refractivity contribution in [1.29, 1.82) is 0 Å². The number of hydrogen-bond acceptors (Lipinski definition) is 7. The highest BCUT2D eigenvalue weighted by molar-refractivity contribution is 7.09. The van der Waals surface area contributed by atoms with Crippen LogP contribution in [-0.2, 0) is 17.6 Å². The molecule has 1 N–H and O–H groups in total. The fourth-order valence-corrected chi connectivity index (χ4v) is 2.67. The molecule has 110 valence electrons. The van der Waals surface area contributed by atoms with Crippen LogP contribution in [0, 0.1) is 0 Å². The number of carbonyl (C=O) groups is 2. The van der Waals surface area contributed by atoms with Gasteiger partial charge in [0.05, 0.1) is 17.1 Å². The van der Waals surface area contributed by atoms with E-state index in [0.29, 0.717) is 12.1 Å². The number of aromatic nitrogens is 5. The molecule has 0 aliphatic rings. The highest BCUT2D eigenvalue weighted by Crippen LogP contribution is 2.14. The monoisotopic (exact) mass is 313 g/mol. The molecule has 3 aromatic rings. The summed E-state index contributed by atoms with van der Waals surface area (Å²) in [6.07, 6.45) is 3.48. The first-order valence-corrected chi connectivity index (χ1v) is 7.36. The van der Waals surface area contributed by atoms with Crippen molar-refractivity contribution in [2.75, 3.05) is 0 Å². The second-order valence-corrected chi connectivity index (χ2v) is 5.44. The van der Waals surface area contributed by atoms with Crippen LogP contribution in [0.15, 0.2) is 36.1 Å². The molecule has 3 aromatic heterocycles. The minimum Gasteiger partial charge on any atom is -0.290 e. The van der Waals surface area contributed by atoms with Crippen molar-refractivity contribution < 1.29 is 9.59 Å². The molecule has 7 nitrogen and oxygen atoms in total. The Morgan fingerprint density at radius 1 is 1.18 bits per heavy atom. The van der Waals surface area contributed by atoms with E-state index in [2.05, 4.69) is 25.1 Å². The van der Waals surface area contributed by atoms with Gasteiger partial charge in [-0.1, -0.05) is 6.07 Å². The van der Waals surface area contributed by atoms with Gasteiger partial charge >= 0.3 is 0 Å². The smallest absolute Gasteiger partial charge is 0.265 e. The Hall–Kier alpha value is -2.74. The summed E-state index contributed by atoms with van der Waals surface area (Å²) in [7, 11) is 0. The molecule has 0 fully saturated rings. The van der Waals surface area contributed by atoms with E-state index in [1.807, 2.05) is 18.2 Å². The molecule has 0 radical (unpaired) electrons. The molecule has 3 rings (SSSR count). The van der Waals surface area contributed by atoms with Crippen LogP contribution in [-0.4, -0.2) is 36.7 Å². The van der Waals surface area contributed by atoms with E-state index >= 15 is 0 Å². The number of hydrogen-bond donors (Lipinski definition) is 1.